The van der Waals surface area contributed by atoms with Gasteiger partial charge in [0.05, 0.1) is 13.5 Å². The molecule has 0 aliphatic heterocycles. The first-order valence-electron chi connectivity index (χ1n) is 9.20. The SMILES string of the molecule is COc1cc(/C=C/C(=O)CC(=O)/C=C/c2ccc(O)c(OC(OC)OC)c2)ccc1O. The molecule has 0 aromatic heterocycles. The zero-order valence-corrected chi connectivity index (χ0v) is 17.4. The largest absolute Gasteiger partial charge is 0.504 e. The first kappa shape index (κ1) is 23.7. The van der Waals surface area contributed by atoms with Gasteiger partial charge in [-0.2, -0.15) is 0 Å². The molecule has 0 saturated heterocycles. The molecule has 0 fully saturated rings. The van der Waals surface area contributed by atoms with E-state index in [1.807, 2.05) is 0 Å². The summed E-state index contributed by atoms with van der Waals surface area (Å²) in [4.78, 5) is 24.1. The van der Waals surface area contributed by atoms with Crippen molar-refractivity contribution in [1.29, 1.82) is 0 Å². The number of aromatic hydroxyl groups is 2. The van der Waals surface area contributed by atoms with Gasteiger partial charge in [0.2, 0.25) is 0 Å². The van der Waals surface area contributed by atoms with Crippen molar-refractivity contribution in [3.8, 4) is 23.0 Å². The molecule has 0 amide bonds. The fourth-order valence-electron chi connectivity index (χ4n) is 2.49. The first-order valence-corrected chi connectivity index (χ1v) is 9.20. The molecule has 0 bridgehead atoms. The third kappa shape index (κ3) is 7.29. The van der Waals surface area contributed by atoms with Crippen molar-refractivity contribution in [2.24, 2.45) is 0 Å². The summed E-state index contributed by atoms with van der Waals surface area (Å²) in [6.07, 6.45) is 5.30. The van der Waals surface area contributed by atoms with Gasteiger partial charge in [-0.1, -0.05) is 24.3 Å². The van der Waals surface area contributed by atoms with Crippen LogP contribution in [0.3, 0.4) is 0 Å². The summed E-state index contributed by atoms with van der Waals surface area (Å²) >= 11 is 0. The second kappa shape index (κ2) is 11.5. The van der Waals surface area contributed by atoms with Crippen LogP contribution in [0.2, 0.25) is 0 Å². The highest BCUT2D eigenvalue weighted by Gasteiger charge is 2.11. The number of allylic oxidation sites excluding steroid dienone is 2. The lowest BCUT2D eigenvalue weighted by Crippen LogP contribution is -2.20. The smallest absolute Gasteiger partial charge is 0.315 e. The van der Waals surface area contributed by atoms with Gasteiger partial charge in [0.25, 0.3) is 0 Å². The molecule has 31 heavy (non-hydrogen) atoms. The third-order valence-electron chi connectivity index (χ3n) is 4.07. The molecule has 2 aromatic carbocycles. The lowest BCUT2D eigenvalue weighted by Gasteiger charge is -2.16. The number of hydrogen-bond donors (Lipinski definition) is 2. The molecule has 164 valence electrons. The van der Waals surface area contributed by atoms with Crippen LogP contribution in [0, 0.1) is 0 Å². The molecule has 8 nitrogen and oxygen atoms in total. The molecular formula is C23H24O8. The average molecular weight is 428 g/mol. The molecule has 2 aromatic rings. The number of ether oxygens (including phenoxy) is 4. The Morgan fingerprint density at radius 2 is 1.32 bits per heavy atom. The van der Waals surface area contributed by atoms with Gasteiger partial charge in [-0.05, 0) is 47.5 Å². The van der Waals surface area contributed by atoms with Crippen LogP contribution in [-0.2, 0) is 19.1 Å². The highest BCUT2D eigenvalue weighted by molar-refractivity contribution is 6.10. The highest BCUT2D eigenvalue weighted by atomic mass is 16.8. The molecule has 2 N–H and O–H groups in total. The van der Waals surface area contributed by atoms with Crippen molar-refractivity contribution >= 4 is 23.7 Å². The Balaban J connectivity index is 1.98. The Labute approximate surface area is 179 Å². The maximum atomic E-state index is 12.1. The lowest BCUT2D eigenvalue weighted by molar-refractivity contribution is -0.219. The van der Waals surface area contributed by atoms with Crippen molar-refractivity contribution < 1.29 is 38.7 Å². The zero-order chi connectivity index (χ0) is 22.8. The predicted octanol–water partition coefficient (Wildman–Crippen LogP) is 3.32. The van der Waals surface area contributed by atoms with Crippen LogP contribution in [0.15, 0.2) is 48.6 Å². The van der Waals surface area contributed by atoms with Crippen molar-refractivity contribution in [3.63, 3.8) is 0 Å². The summed E-state index contributed by atoms with van der Waals surface area (Å²) in [5.74, 6) is -0.484. The Hall–Kier alpha value is -3.62. The van der Waals surface area contributed by atoms with Crippen molar-refractivity contribution in [2.75, 3.05) is 21.3 Å². The summed E-state index contributed by atoms with van der Waals surface area (Å²) < 4.78 is 20.2. The molecule has 0 aliphatic rings. The summed E-state index contributed by atoms with van der Waals surface area (Å²) in [6.45, 7) is -0.996. The molecular weight excluding hydrogens is 404 g/mol. The second-order valence-corrected chi connectivity index (χ2v) is 6.31. The first-order chi connectivity index (χ1) is 14.9. The van der Waals surface area contributed by atoms with Crippen LogP contribution in [0.5, 0.6) is 23.0 Å². The maximum Gasteiger partial charge on any atom is 0.315 e. The van der Waals surface area contributed by atoms with Crippen molar-refractivity contribution in [1.82, 2.24) is 0 Å². The number of phenolic OH excluding ortho intramolecular Hbond substituents is 2. The van der Waals surface area contributed by atoms with Gasteiger partial charge in [0.15, 0.2) is 34.6 Å². The zero-order valence-electron chi connectivity index (χ0n) is 17.4. The van der Waals surface area contributed by atoms with Gasteiger partial charge in [-0.3, -0.25) is 9.59 Å². The molecule has 0 atom stereocenters. The fraction of sp³-hybridized carbons (Fsp3) is 0.217. The van der Waals surface area contributed by atoms with E-state index in [0.717, 1.165) is 0 Å². The maximum absolute atomic E-state index is 12.1. The second-order valence-electron chi connectivity index (χ2n) is 6.31. The molecule has 0 heterocycles. The van der Waals surface area contributed by atoms with E-state index in [1.54, 1.807) is 18.2 Å². The average Bonchev–Trinajstić information content (AvgIpc) is 2.77. The Morgan fingerprint density at radius 3 is 1.81 bits per heavy atom. The van der Waals surface area contributed by atoms with Crippen LogP contribution in [-0.4, -0.2) is 49.6 Å². The van der Waals surface area contributed by atoms with Crippen molar-refractivity contribution in [3.05, 3.63) is 59.7 Å². The number of hydrogen-bond acceptors (Lipinski definition) is 8. The van der Waals surface area contributed by atoms with Gasteiger partial charge in [-0.25, -0.2) is 0 Å². The van der Waals surface area contributed by atoms with Gasteiger partial charge in [-0.15, -0.1) is 0 Å². The Bertz CT molecular complexity index is 974. The minimum atomic E-state index is -0.996. The number of ketones is 2. The molecule has 2 rings (SSSR count). The van der Waals surface area contributed by atoms with Gasteiger partial charge in [0, 0.05) is 14.2 Å². The number of carbonyl (C=O) groups excluding carboxylic acids is 2. The Kier molecular flexibility index (Phi) is 8.80. The minimum Gasteiger partial charge on any atom is -0.504 e. The number of phenols is 2. The molecule has 8 heteroatoms. The summed E-state index contributed by atoms with van der Waals surface area (Å²) in [5.41, 5.74) is 1.22. The number of carbonyl (C=O) groups is 2. The highest BCUT2D eigenvalue weighted by Crippen LogP contribution is 2.29. The monoisotopic (exact) mass is 428 g/mol. The number of methoxy groups -OCH3 is 3. The van der Waals surface area contributed by atoms with E-state index in [4.69, 9.17) is 18.9 Å². The van der Waals surface area contributed by atoms with E-state index in [-0.39, 0.29) is 41.0 Å². The molecule has 0 saturated carbocycles. The third-order valence-corrected chi connectivity index (χ3v) is 4.07. The molecule has 0 aliphatic carbocycles. The molecule has 0 unspecified atom stereocenters. The molecule has 0 radical (unpaired) electrons. The predicted molar refractivity (Wildman–Crippen MR) is 114 cm³/mol. The lowest BCUT2D eigenvalue weighted by atomic mass is 10.1. The van der Waals surface area contributed by atoms with Crippen LogP contribution in [0.25, 0.3) is 12.2 Å². The molecule has 0 spiro atoms. The van der Waals surface area contributed by atoms with E-state index in [2.05, 4.69) is 0 Å². The van der Waals surface area contributed by atoms with E-state index >= 15 is 0 Å². The van der Waals surface area contributed by atoms with Crippen molar-refractivity contribution in [2.45, 2.75) is 12.9 Å². The van der Waals surface area contributed by atoms with E-state index in [1.165, 1.54) is 63.8 Å². The quantitative estimate of drug-likeness (QED) is 0.319. The van der Waals surface area contributed by atoms with E-state index < -0.39 is 6.48 Å². The van der Waals surface area contributed by atoms with Crippen LogP contribution < -0.4 is 9.47 Å². The van der Waals surface area contributed by atoms with Gasteiger partial charge in [0.1, 0.15) is 0 Å². The minimum absolute atomic E-state index is 0.00552. The van der Waals surface area contributed by atoms with Gasteiger partial charge >= 0.3 is 6.48 Å². The summed E-state index contributed by atoms with van der Waals surface area (Å²) in [6, 6.07) is 9.13. The summed E-state index contributed by atoms with van der Waals surface area (Å²) in [7, 11) is 4.20. The van der Waals surface area contributed by atoms with Crippen LogP contribution >= 0.6 is 0 Å². The van der Waals surface area contributed by atoms with Gasteiger partial charge < -0.3 is 29.2 Å². The standard InChI is InChI=1S/C23H24O8/c1-28-21-12-15(6-10-19(21)26)4-8-17(24)14-18(25)9-5-16-7-11-20(27)22(13-16)31-23(29-2)30-3/h4-13,23,26-27H,14H2,1-3H3/b8-4+,9-5+. The normalized spacial score (nSPS) is 11.4. The van der Waals surface area contributed by atoms with Crippen LogP contribution in [0.4, 0.5) is 0 Å². The van der Waals surface area contributed by atoms with Crippen LogP contribution in [0.1, 0.15) is 17.5 Å². The number of benzene rings is 2. The Morgan fingerprint density at radius 1 is 0.839 bits per heavy atom. The topological polar surface area (TPSA) is 112 Å². The van der Waals surface area contributed by atoms with E-state index in [9.17, 15) is 19.8 Å². The van der Waals surface area contributed by atoms with E-state index in [0.29, 0.717) is 11.1 Å². The summed E-state index contributed by atoms with van der Waals surface area (Å²) in [5, 5.41) is 19.5. The fourth-order valence-corrected chi connectivity index (χ4v) is 2.49. The number of rotatable bonds is 11.